The van der Waals surface area contributed by atoms with Crippen molar-refractivity contribution in [2.24, 2.45) is 5.92 Å². The second-order valence-electron chi connectivity index (χ2n) is 6.53. The second-order valence-corrected chi connectivity index (χ2v) is 6.53. The monoisotopic (exact) mass is 304 g/mol. The number of carbonyl (C=O) groups is 2. The Kier molecular flexibility index (Phi) is 3.89. The Hall–Kier alpha value is -1.91. The van der Waals surface area contributed by atoms with Crippen molar-refractivity contribution in [2.75, 3.05) is 20.1 Å². The molecule has 1 aromatic rings. The van der Waals surface area contributed by atoms with Crippen LogP contribution in [0.3, 0.4) is 0 Å². The van der Waals surface area contributed by atoms with E-state index in [2.05, 4.69) is 5.32 Å². The summed E-state index contributed by atoms with van der Waals surface area (Å²) in [6, 6.07) is 6.57. The zero-order valence-corrected chi connectivity index (χ0v) is 12.8. The molecule has 1 aromatic carbocycles. The molecular formula is C17H21FN2O2. The van der Waals surface area contributed by atoms with Gasteiger partial charge in [0.15, 0.2) is 0 Å². The minimum absolute atomic E-state index is 0.0250. The van der Waals surface area contributed by atoms with Crippen molar-refractivity contribution in [2.45, 2.75) is 31.1 Å². The Balaban J connectivity index is 1.63. The fourth-order valence-corrected chi connectivity index (χ4v) is 3.41. The van der Waals surface area contributed by atoms with Crippen LogP contribution in [0.4, 0.5) is 4.39 Å². The quantitative estimate of drug-likeness (QED) is 0.923. The van der Waals surface area contributed by atoms with E-state index < -0.39 is 0 Å². The van der Waals surface area contributed by atoms with Gasteiger partial charge in [-0.3, -0.25) is 9.59 Å². The third-order valence-electron chi connectivity index (χ3n) is 5.08. The van der Waals surface area contributed by atoms with Crippen LogP contribution in [0.25, 0.3) is 0 Å². The molecular weight excluding hydrogens is 283 g/mol. The molecule has 0 aromatic heterocycles. The minimum Gasteiger partial charge on any atom is -0.355 e. The number of carbonyl (C=O) groups excluding carboxylic acids is 2. The molecule has 1 atom stereocenters. The van der Waals surface area contributed by atoms with E-state index in [4.69, 9.17) is 0 Å². The van der Waals surface area contributed by atoms with E-state index >= 15 is 0 Å². The predicted molar refractivity (Wildman–Crippen MR) is 80.7 cm³/mol. The fourth-order valence-electron chi connectivity index (χ4n) is 3.41. The van der Waals surface area contributed by atoms with Gasteiger partial charge < -0.3 is 10.2 Å². The number of likely N-dealkylation sites (tertiary alicyclic amines) is 1. The van der Waals surface area contributed by atoms with E-state index in [9.17, 15) is 14.0 Å². The molecule has 1 aliphatic heterocycles. The molecule has 2 aliphatic rings. The lowest BCUT2D eigenvalue weighted by Gasteiger charge is -2.42. The van der Waals surface area contributed by atoms with Gasteiger partial charge in [0.05, 0.1) is 5.92 Å². The van der Waals surface area contributed by atoms with Crippen molar-refractivity contribution < 1.29 is 14.0 Å². The third kappa shape index (κ3) is 2.72. The van der Waals surface area contributed by atoms with Crippen LogP contribution in [0, 0.1) is 11.7 Å². The van der Waals surface area contributed by atoms with Gasteiger partial charge in [-0.2, -0.15) is 0 Å². The number of benzene rings is 1. The number of halogens is 1. The van der Waals surface area contributed by atoms with Crippen molar-refractivity contribution in [3.05, 3.63) is 35.6 Å². The molecule has 2 fully saturated rings. The average molecular weight is 304 g/mol. The van der Waals surface area contributed by atoms with Crippen molar-refractivity contribution >= 4 is 11.8 Å². The van der Waals surface area contributed by atoms with E-state index in [0.717, 1.165) is 24.8 Å². The molecule has 2 amide bonds. The lowest BCUT2D eigenvalue weighted by Crippen LogP contribution is -2.47. The Morgan fingerprint density at radius 1 is 1.36 bits per heavy atom. The highest BCUT2D eigenvalue weighted by molar-refractivity contribution is 5.89. The lowest BCUT2D eigenvalue weighted by atomic mass is 9.64. The first-order valence-electron chi connectivity index (χ1n) is 7.78. The highest BCUT2D eigenvalue weighted by Crippen LogP contribution is 2.43. The van der Waals surface area contributed by atoms with Crippen molar-refractivity contribution in [3.8, 4) is 0 Å². The first kappa shape index (κ1) is 15.0. The van der Waals surface area contributed by atoms with Gasteiger partial charge in [-0.05, 0) is 30.5 Å². The summed E-state index contributed by atoms with van der Waals surface area (Å²) in [5.74, 6) is -0.513. The smallest absolute Gasteiger partial charge is 0.225 e. The molecule has 1 saturated heterocycles. The van der Waals surface area contributed by atoms with Gasteiger partial charge in [-0.1, -0.05) is 18.6 Å². The molecule has 0 unspecified atom stereocenters. The van der Waals surface area contributed by atoms with Gasteiger partial charge in [0.25, 0.3) is 0 Å². The fraction of sp³-hybridized carbons (Fsp3) is 0.529. The Morgan fingerprint density at radius 3 is 2.55 bits per heavy atom. The number of hydrogen-bond acceptors (Lipinski definition) is 2. The summed E-state index contributed by atoms with van der Waals surface area (Å²) >= 11 is 0. The average Bonchev–Trinajstić information content (AvgIpc) is 2.79. The lowest BCUT2D eigenvalue weighted by molar-refractivity contribution is -0.128. The maximum Gasteiger partial charge on any atom is 0.225 e. The van der Waals surface area contributed by atoms with Gasteiger partial charge in [-0.15, -0.1) is 0 Å². The van der Waals surface area contributed by atoms with Gasteiger partial charge >= 0.3 is 0 Å². The largest absolute Gasteiger partial charge is 0.355 e. The summed E-state index contributed by atoms with van der Waals surface area (Å²) in [5, 5.41) is 3.01. The Labute approximate surface area is 129 Å². The summed E-state index contributed by atoms with van der Waals surface area (Å²) in [5.41, 5.74) is 1.01. The van der Waals surface area contributed by atoms with Crippen LogP contribution in [0.1, 0.15) is 31.2 Å². The summed E-state index contributed by atoms with van der Waals surface area (Å²) in [6.07, 6.45) is 3.43. The molecule has 1 heterocycles. The van der Waals surface area contributed by atoms with Gasteiger partial charge in [0, 0.05) is 32.0 Å². The highest BCUT2D eigenvalue weighted by Gasteiger charge is 2.40. The minimum atomic E-state index is -0.247. The molecule has 118 valence electrons. The van der Waals surface area contributed by atoms with E-state index in [1.807, 2.05) is 12.1 Å². The van der Waals surface area contributed by atoms with E-state index in [1.54, 1.807) is 11.9 Å². The summed E-state index contributed by atoms with van der Waals surface area (Å²) in [7, 11) is 1.72. The van der Waals surface area contributed by atoms with E-state index in [1.165, 1.54) is 12.1 Å². The number of nitrogens with zero attached hydrogens (tertiary/aromatic N) is 1. The van der Waals surface area contributed by atoms with Crippen LogP contribution in [-0.2, 0) is 15.0 Å². The van der Waals surface area contributed by atoms with E-state index in [-0.39, 0.29) is 29.0 Å². The van der Waals surface area contributed by atoms with Crippen molar-refractivity contribution in [3.63, 3.8) is 0 Å². The molecule has 1 saturated carbocycles. The number of hydrogen-bond donors (Lipinski definition) is 1. The first-order valence-corrected chi connectivity index (χ1v) is 7.78. The topological polar surface area (TPSA) is 49.4 Å². The molecule has 3 rings (SSSR count). The Bertz CT molecular complexity index is 581. The van der Waals surface area contributed by atoms with Gasteiger partial charge in [-0.25, -0.2) is 4.39 Å². The highest BCUT2D eigenvalue weighted by atomic mass is 19.1. The standard InChI is InChI=1S/C17H21FN2O2/c1-20-10-12(9-15(20)21)16(22)19-11-17(7-2-8-17)13-3-5-14(18)6-4-13/h3-6,12H,2,7-11H2,1H3,(H,19,22)/t12-/m0/s1. The summed E-state index contributed by atoms with van der Waals surface area (Å²) < 4.78 is 13.1. The molecule has 1 N–H and O–H groups in total. The third-order valence-corrected chi connectivity index (χ3v) is 5.08. The van der Waals surface area contributed by atoms with Crippen LogP contribution in [0.15, 0.2) is 24.3 Å². The molecule has 22 heavy (non-hydrogen) atoms. The molecule has 5 heteroatoms. The molecule has 4 nitrogen and oxygen atoms in total. The van der Waals surface area contributed by atoms with Crippen molar-refractivity contribution in [1.82, 2.24) is 10.2 Å². The van der Waals surface area contributed by atoms with Crippen LogP contribution in [0.5, 0.6) is 0 Å². The number of amides is 2. The molecule has 1 aliphatic carbocycles. The summed E-state index contributed by atoms with van der Waals surface area (Å²) in [4.78, 5) is 25.4. The SMILES string of the molecule is CN1C[C@@H](C(=O)NCC2(c3ccc(F)cc3)CCC2)CC1=O. The zero-order valence-electron chi connectivity index (χ0n) is 12.8. The van der Waals surface area contributed by atoms with Crippen LogP contribution in [0.2, 0.25) is 0 Å². The van der Waals surface area contributed by atoms with Crippen LogP contribution >= 0.6 is 0 Å². The molecule has 0 bridgehead atoms. The molecule has 0 spiro atoms. The Morgan fingerprint density at radius 2 is 2.05 bits per heavy atom. The normalized spacial score (nSPS) is 23.3. The summed E-state index contributed by atoms with van der Waals surface area (Å²) in [6.45, 7) is 1.06. The number of nitrogens with one attached hydrogen (secondary N) is 1. The number of rotatable bonds is 4. The van der Waals surface area contributed by atoms with Crippen molar-refractivity contribution in [1.29, 1.82) is 0 Å². The zero-order chi connectivity index (χ0) is 15.7. The maximum atomic E-state index is 13.1. The van der Waals surface area contributed by atoms with Gasteiger partial charge in [0.2, 0.25) is 11.8 Å². The van der Waals surface area contributed by atoms with E-state index in [0.29, 0.717) is 19.5 Å². The van der Waals surface area contributed by atoms with Gasteiger partial charge in [0.1, 0.15) is 5.82 Å². The van der Waals surface area contributed by atoms with Crippen LogP contribution < -0.4 is 5.32 Å². The first-order chi connectivity index (χ1) is 10.5. The second kappa shape index (κ2) is 5.71. The molecule has 0 radical (unpaired) electrons. The van der Waals surface area contributed by atoms with Crippen LogP contribution in [-0.4, -0.2) is 36.9 Å². The maximum absolute atomic E-state index is 13.1. The predicted octanol–water partition coefficient (Wildman–Crippen LogP) is 1.84.